The number of benzene rings is 1. The van der Waals surface area contributed by atoms with Gasteiger partial charge in [0, 0.05) is 0 Å². The monoisotopic (exact) mass is 344 g/mol. The predicted octanol–water partition coefficient (Wildman–Crippen LogP) is 5.48. The molecule has 0 saturated heterocycles. The highest BCUT2D eigenvalue weighted by atomic mass is 16.5. The first-order chi connectivity index (χ1) is 11.9. The van der Waals surface area contributed by atoms with Crippen molar-refractivity contribution in [3.8, 4) is 5.75 Å². The van der Waals surface area contributed by atoms with Gasteiger partial charge in [-0.15, -0.1) is 0 Å². The molecule has 3 rings (SSSR count). The molecule has 0 bridgehead atoms. The highest BCUT2D eigenvalue weighted by molar-refractivity contribution is 5.89. The summed E-state index contributed by atoms with van der Waals surface area (Å²) < 4.78 is 11.6. The van der Waals surface area contributed by atoms with Crippen LogP contribution in [0.4, 0.5) is 0 Å². The highest BCUT2D eigenvalue weighted by Gasteiger charge is 2.61. The number of esters is 1. The maximum Gasteiger partial charge on any atom is 0.338 e. The maximum atomic E-state index is 12.5. The van der Waals surface area contributed by atoms with Gasteiger partial charge in [-0.3, -0.25) is 0 Å². The number of hydrogen-bond acceptors (Lipinski definition) is 3. The number of rotatable bonds is 7. The van der Waals surface area contributed by atoms with Gasteiger partial charge in [0.2, 0.25) is 0 Å². The van der Waals surface area contributed by atoms with Crippen molar-refractivity contribution in [3.05, 3.63) is 29.8 Å². The minimum Gasteiger partial charge on any atom is -0.494 e. The average molecular weight is 344 g/mol. The Labute approximate surface area is 152 Å². The van der Waals surface area contributed by atoms with E-state index in [1.54, 1.807) is 0 Å². The van der Waals surface area contributed by atoms with Crippen LogP contribution in [0.5, 0.6) is 5.75 Å². The van der Waals surface area contributed by atoms with Crippen LogP contribution in [0.15, 0.2) is 24.3 Å². The predicted molar refractivity (Wildman–Crippen MR) is 99.8 cm³/mol. The Morgan fingerprint density at radius 1 is 1.12 bits per heavy atom. The van der Waals surface area contributed by atoms with Crippen molar-refractivity contribution < 1.29 is 14.3 Å². The summed E-state index contributed by atoms with van der Waals surface area (Å²) in [6.45, 7) is 9.82. The molecule has 3 heteroatoms. The lowest BCUT2D eigenvalue weighted by atomic mass is 9.88. The van der Waals surface area contributed by atoms with Crippen LogP contribution in [0, 0.1) is 23.2 Å². The number of hydrogen-bond donors (Lipinski definition) is 0. The van der Waals surface area contributed by atoms with Gasteiger partial charge in [-0.25, -0.2) is 4.79 Å². The molecule has 0 amide bonds. The normalized spacial score (nSPS) is 29.6. The van der Waals surface area contributed by atoms with E-state index in [1.807, 2.05) is 24.3 Å². The van der Waals surface area contributed by atoms with E-state index in [1.165, 1.54) is 19.3 Å². The Morgan fingerprint density at radius 3 is 2.48 bits per heavy atom. The molecule has 2 aliphatic rings. The number of ether oxygens (including phenoxy) is 2. The number of unbranched alkanes of at least 4 members (excludes halogenated alkanes) is 2. The van der Waals surface area contributed by atoms with Crippen LogP contribution in [0.25, 0.3) is 0 Å². The Kier molecular flexibility index (Phi) is 5.41. The van der Waals surface area contributed by atoms with Gasteiger partial charge in [0.1, 0.15) is 11.9 Å². The van der Waals surface area contributed by atoms with Gasteiger partial charge in [0.15, 0.2) is 0 Å². The second-order valence-electron chi connectivity index (χ2n) is 8.51. The summed E-state index contributed by atoms with van der Waals surface area (Å²) in [6.07, 6.45) is 5.69. The summed E-state index contributed by atoms with van der Waals surface area (Å²) >= 11 is 0. The molecule has 0 unspecified atom stereocenters. The Bertz CT molecular complexity index is 590. The van der Waals surface area contributed by atoms with Crippen LogP contribution in [-0.2, 0) is 4.74 Å². The van der Waals surface area contributed by atoms with E-state index < -0.39 is 0 Å². The molecule has 0 heterocycles. The van der Waals surface area contributed by atoms with E-state index in [9.17, 15) is 4.79 Å². The third kappa shape index (κ3) is 4.02. The summed E-state index contributed by atoms with van der Waals surface area (Å²) in [7, 11) is 0. The SMILES string of the molecule is CCCCCOc1ccc(C(=O)O[C@H]2C[C@@H]3[C@H](C[C@@H]2C)C3(C)C)cc1. The van der Waals surface area contributed by atoms with Gasteiger partial charge >= 0.3 is 5.97 Å². The van der Waals surface area contributed by atoms with Gasteiger partial charge in [-0.05, 0) is 66.7 Å². The lowest BCUT2D eigenvalue weighted by Crippen LogP contribution is -2.29. The summed E-state index contributed by atoms with van der Waals surface area (Å²) in [6, 6.07) is 7.36. The van der Waals surface area contributed by atoms with Crippen molar-refractivity contribution in [2.45, 2.75) is 65.9 Å². The quantitative estimate of drug-likeness (QED) is 0.485. The second-order valence-corrected chi connectivity index (χ2v) is 8.51. The molecule has 0 N–H and O–H groups in total. The van der Waals surface area contributed by atoms with E-state index in [4.69, 9.17) is 9.47 Å². The van der Waals surface area contributed by atoms with Crippen LogP contribution >= 0.6 is 0 Å². The molecule has 0 spiro atoms. The van der Waals surface area contributed by atoms with Crippen molar-refractivity contribution in [2.75, 3.05) is 6.61 Å². The molecular formula is C22H32O3. The van der Waals surface area contributed by atoms with E-state index in [-0.39, 0.29) is 12.1 Å². The lowest BCUT2D eigenvalue weighted by molar-refractivity contribution is 0.00306. The molecule has 1 aromatic rings. The van der Waals surface area contributed by atoms with Crippen molar-refractivity contribution in [1.82, 2.24) is 0 Å². The minimum atomic E-state index is -0.203. The van der Waals surface area contributed by atoms with Gasteiger partial charge < -0.3 is 9.47 Å². The number of carbonyl (C=O) groups is 1. The molecule has 25 heavy (non-hydrogen) atoms. The first-order valence-corrected chi connectivity index (χ1v) is 9.87. The van der Waals surface area contributed by atoms with E-state index in [2.05, 4.69) is 27.7 Å². The van der Waals surface area contributed by atoms with Gasteiger partial charge in [-0.2, -0.15) is 0 Å². The molecule has 2 saturated carbocycles. The van der Waals surface area contributed by atoms with Gasteiger partial charge in [-0.1, -0.05) is 40.5 Å². The molecule has 138 valence electrons. The van der Waals surface area contributed by atoms with Crippen molar-refractivity contribution in [3.63, 3.8) is 0 Å². The standard InChI is InChI=1S/C22H32O3/c1-5-6-7-12-24-17-10-8-16(9-11-17)21(23)25-20-14-19-18(13-15(20)2)22(19,3)4/h8-11,15,18-20H,5-7,12-14H2,1-4H3/t15-,18-,19+,20-/m0/s1. The lowest BCUT2D eigenvalue weighted by Gasteiger charge is -2.28. The maximum absolute atomic E-state index is 12.5. The molecule has 2 fully saturated rings. The van der Waals surface area contributed by atoms with Crippen molar-refractivity contribution in [1.29, 1.82) is 0 Å². The minimum absolute atomic E-state index is 0.0560. The van der Waals surface area contributed by atoms with Crippen LogP contribution in [0.1, 0.15) is 70.2 Å². The molecule has 4 atom stereocenters. The third-order valence-corrected chi connectivity index (χ3v) is 6.40. The zero-order chi connectivity index (χ0) is 18.0. The number of carbonyl (C=O) groups excluding carboxylic acids is 1. The second kappa shape index (κ2) is 7.39. The molecular weight excluding hydrogens is 312 g/mol. The van der Waals surface area contributed by atoms with Crippen LogP contribution in [0.2, 0.25) is 0 Å². The largest absolute Gasteiger partial charge is 0.494 e. The fourth-order valence-corrected chi connectivity index (χ4v) is 4.43. The van der Waals surface area contributed by atoms with Crippen LogP contribution < -0.4 is 4.74 Å². The van der Waals surface area contributed by atoms with E-state index in [0.717, 1.165) is 37.0 Å². The topological polar surface area (TPSA) is 35.5 Å². The third-order valence-electron chi connectivity index (χ3n) is 6.40. The zero-order valence-electron chi connectivity index (χ0n) is 16.1. The molecule has 2 aliphatic carbocycles. The Hall–Kier alpha value is -1.51. The Balaban J connectivity index is 1.51. The Morgan fingerprint density at radius 2 is 1.80 bits per heavy atom. The average Bonchev–Trinajstić information content (AvgIpc) is 3.12. The molecule has 0 aliphatic heterocycles. The molecule has 0 radical (unpaired) electrons. The zero-order valence-corrected chi connectivity index (χ0v) is 16.1. The fraction of sp³-hybridized carbons (Fsp3) is 0.682. The highest BCUT2D eigenvalue weighted by Crippen LogP contribution is 2.66. The summed E-state index contributed by atoms with van der Waals surface area (Å²) in [4.78, 5) is 12.5. The van der Waals surface area contributed by atoms with Crippen LogP contribution in [-0.4, -0.2) is 18.7 Å². The summed E-state index contributed by atoms with van der Waals surface area (Å²) in [5.41, 5.74) is 1.05. The number of fused-ring (bicyclic) bond motifs is 1. The first kappa shape index (κ1) is 18.3. The molecule has 3 nitrogen and oxygen atoms in total. The summed E-state index contributed by atoms with van der Waals surface area (Å²) in [5, 5.41) is 0. The molecule has 0 aromatic heterocycles. The van der Waals surface area contributed by atoms with Crippen molar-refractivity contribution in [2.24, 2.45) is 23.2 Å². The molecule has 1 aromatic carbocycles. The first-order valence-electron chi connectivity index (χ1n) is 9.87. The van der Waals surface area contributed by atoms with Crippen molar-refractivity contribution >= 4 is 5.97 Å². The van der Waals surface area contributed by atoms with E-state index >= 15 is 0 Å². The van der Waals surface area contributed by atoms with Gasteiger partial charge in [0.25, 0.3) is 0 Å². The summed E-state index contributed by atoms with van der Waals surface area (Å²) in [5.74, 6) is 2.61. The smallest absolute Gasteiger partial charge is 0.338 e. The van der Waals surface area contributed by atoms with Crippen LogP contribution in [0.3, 0.4) is 0 Å². The van der Waals surface area contributed by atoms with Gasteiger partial charge in [0.05, 0.1) is 12.2 Å². The van der Waals surface area contributed by atoms with E-state index in [0.29, 0.717) is 16.9 Å². The fourth-order valence-electron chi connectivity index (χ4n) is 4.43.